The molecule has 3 aromatic carbocycles. The molecule has 0 saturated heterocycles. The van der Waals surface area contributed by atoms with Crippen LogP contribution in [0.4, 0.5) is 0 Å². The van der Waals surface area contributed by atoms with E-state index >= 15 is 0 Å². The Morgan fingerprint density at radius 1 is 1.08 bits per heavy atom. The van der Waals surface area contributed by atoms with Crippen molar-refractivity contribution in [3.63, 3.8) is 0 Å². The molecular formula is C29H32BrN3O4. The molecule has 4 rings (SSSR count). The first kappa shape index (κ1) is 26.9. The van der Waals surface area contributed by atoms with Crippen LogP contribution in [0.5, 0.6) is 5.75 Å². The van der Waals surface area contributed by atoms with Gasteiger partial charge in [-0.15, -0.1) is 0 Å². The molecule has 7 nitrogen and oxygen atoms in total. The van der Waals surface area contributed by atoms with Crippen LogP contribution in [0.3, 0.4) is 0 Å². The van der Waals surface area contributed by atoms with Gasteiger partial charge in [-0.2, -0.15) is 0 Å². The zero-order valence-electron chi connectivity index (χ0n) is 21.0. The SMILES string of the molecule is CC(C)NNC(=O)[C@@]1(Cc2ccccc2Br)N=C(c2ccc(OCCCO)cc2)O[C@H]1c1ccccc1. The van der Waals surface area contributed by atoms with Crippen LogP contribution in [-0.4, -0.2) is 41.7 Å². The largest absolute Gasteiger partial charge is 0.494 e. The summed E-state index contributed by atoms with van der Waals surface area (Å²) >= 11 is 3.64. The molecule has 1 heterocycles. The second-order valence-corrected chi connectivity index (χ2v) is 10.1. The molecule has 1 aliphatic heterocycles. The maximum absolute atomic E-state index is 13.9. The summed E-state index contributed by atoms with van der Waals surface area (Å²) in [5, 5.41) is 8.98. The molecule has 8 heteroatoms. The summed E-state index contributed by atoms with van der Waals surface area (Å²) in [6, 6.07) is 25.0. The van der Waals surface area contributed by atoms with Gasteiger partial charge in [0.1, 0.15) is 5.75 Å². The van der Waals surface area contributed by atoms with Crippen LogP contribution < -0.4 is 15.6 Å². The number of nitrogens with zero attached hydrogens (tertiary/aromatic N) is 1. The van der Waals surface area contributed by atoms with E-state index in [0.717, 1.165) is 21.2 Å². The summed E-state index contributed by atoms with van der Waals surface area (Å²) in [7, 11) is 0. The van der Waals surface area contributed by atoms with Crippen molar-refractivity contribution in [2.75, 3.05) is 13.2 Å². The zero-order valence-corrected chi connectivity index (χ0v) is 22.6. The Balaban J connectivity index is 1.76. The number of ether oxygens (including phenoxy) is 2. The van der Waals surface area contributed by atoms with Crippen LogP contribution in [0.15, 0.2) is 88.3 Å². The summed E-state index contributed by atoms with van der Waals surface area (Å²) in [6.07, 6.45) is 0.240. The van der Waals surface area contributed by atoms with Gasteiger partial charge in [0.15, 0.2) is 11.6 Å². The average Bonchev–Trinajstić information content (AvgIpc) is 3.30. The van der Waals surface area contributed by atoms with Gasteiger partial charge in [-0.05, 0) is 55.3 Å². The highest BCUT2D eigenvalue weighted by Gasteiger charge is 2.53. The van der Waals surface area contributed by atoms with Gasteiger partial charge in [0.05, 0.1) is 6.61 Å². The lowest BCUT2D eigenvalue weighted by atomic mass is 9.82. The maximum Gasteiger partial charge on any atom is 0.266 e. The second kappa shape index (κ2) is 12.4. The molecule has 2 atom stereocenters. The first-order valence-corrected chi connectivity index (χ1v) is 13.2. The van der Waals surface area contributed by atoms with Gasteiger partial charge in [-0.25, -0.2) is 10.4 Å². The fourth-order valence-corrected chi connectivity index (χ4v) is 4.59. The van der Waals surface area contributed by atoms with Crippen LogP contribution in [0.1, 0.15) is 43.1 Å². The van der Waals surface area contributed by atoms with Crippen molar-refractivity contribution >= 4 is 27.7 Å². The second-order valence-electron chi connectivity index (χ2n) is 9.22. The van der Waals surface area contributed by atoms with Gasteiger partial charge < -0.3 is 14.6 Å². The molecule has 0 spiro atoms. The number of aliphatic hydroxyl groups excluding tert-OH is 1. The smallest absolute Gasteiger partial charge is 0.266 e. The lowest BCUT2D eigenvalue weighted by Crippen LogP contribution is -2.55. The van der Waals surface area contributed by atoms with E-state index in [1.54, 1.807) is 0 Å². The Labute approximate surface area is 226 Å². The van der Waals surface area contributed by atoms with Crippen LogP contribution >= 0.6 is 15.9 Å². The molecule has 0 bridgehead atoms. The third-order valence-electron chi connectivity index (χ3n) is 6.02. The number of rotatable bonds is 11. The number of amides is 1. The molecule has 0 aromatic heterocycles. The summed E-state index contributed by atoms with van der Waals surface area (Å²) in [5.74, 6) is 0.807. The molecule has 0 radical (unpaired) electrons. The number of hydrogen-bond acceptors (Lipinski definition) is 6. The molecule has 3 N–H and O–H groups in total. The van der Waals surface area contributed by atoms with Crippen LogP contribution in [-0.2, 0) is 16.0 Å². The van der Waals surface area contributed by atoms with E-state index in [4.69, 9.17) is 19.6 Å². The van der Waals surface area contributed by atoms with Crippen LogP contribution in [0.25, 0.3) is 0 Å². The van der Waals surface area contributed by atoms with Crippen molar-refractivity contribution in [2.45, 2.75) is 44.4 Å². The number of halogens is 1. The van der Waals surface area contributed by atoms with Gasteiger partial charge in [-0.3, -0.25) is 10.2 Å². The van der Waals surface area contributed by atoms with Crippen molar-refractivity contribution in [1.29, 1.82) is 0 Å². The Hall–Kier alpha value is -3.20. The molecule has 1 amide bonds. The highest BCUT2D eigenvalue weighted by Crippen LogP contribution is 2.43. The van der Waals surface area contributed by atoms with Crippen molar-refractivity contribution in [3.05, 3.63) is 100 Å². The number of hydrazine groups is 1. The van der Waals surface area contributed by atoms with Gasteiger partial charge in [-0.1, -0.05) is 64.5 Å². The number of carbonyl (C=O) groups excluding carboxylic acids is 1. The van der Waals surface area contributed by atoms with E-state index in [0.29, 0.717) is 31.1 Å². The van der Waals surface area contributed by atoms with Gasteiger partial charge in [0, 0.05) is 35.5 Å². The summed E-state index contributed by atoms with van der Waals surface area (Å²) in [6.45, 7) is 4.43. The summed E-state index contributed by atoms with van der Waals surface area (Å²) in [4.78, 5) is 18.9. The van der Waals surface area contributed by atoms with Crippen molar-refractivity contribution in [3.8, 4) is 5.75 Å². The zero-order chi connectivity index (χ0) is 26.3. The number of carbonyl (C=O) groups is 1. The lowest BCUT2D eigenvalue weighted by Gasteiger charge is -2.31. The predicted octanol–water partition coefficient (Wildman–Crippen LogP) is 4.74. The van der Waals surface area contributed by atoms with Crippen LogP contribution in [0, 0.1) is 0 Å². The topological polar surface area (TPSA) is 92.2 Å². The first-order chi connectivity index (χ1) is 17.9. The first-order valence-electron chi connectivity index (χ1n) is 12.4. The van der Waals surface area contributed by atoms with E-state index in [9.17, 15) is 4.79 Å². The number of benzene rings is 3. The molecule has 0 unspecified atom stereocenters. The Bertz CT molecular complexity index is 1220. The number of aliphatic hydroxyl groups is 1. The molecule has 0 fully saturated rings. The molecule has 0 aliphatic carbocycles. The monoisotopic (exact) mass is 565 g/mol. The highest BCUT2D eigenvalue weighted by molar-refractivity contribution is 9.10. The summed E-state index contributed by atoms with van der Waals surface area (Å²) < 4.78 is 13.1. The minimum atomic E-state index is -1.27. The third-order valence-corrected chi connectivity index (χ3v) is 6.80. The van der Waals surface area contributed by atoms with Crippen molar-refractivity contribution in [2.24, 2.45) is 4.99 Å². The van der Waals surface area contributed by atoms with Crippen molar-refractivity contribution in [1.82, 2.24) is 10.9 Å². The molecule has 1 aliphatic rings. The van der Waals surface area contributed by atoms with E-state index < -0.39 is 11.6 Å². The summed E-state index contributed by atoms with van der Waals surface area (Å²) in [5.41, 5.74) is 7.20. The van der Waals surface area contributed by atoms with E-state index in [2.05, 4.69) is 26.8 Å². The molecule has 3 aromatic rings. The Kier molecular flexibility index (Phi) is 8.97. The maximum atomic E-state index is 13.9. The molecule has 194 valence electrons. The standard InChI is InChI=1S/C29H32BrN3O4/c1-20(2)32-33-28(35)29(19-23-11-6-7-12-25(23)30)26(21-9-4-3-5-10-21)37-27(31-29)22-13-15-24(16-14-22)36-18-8-17-34/h3-7,9-16,20,26,32,34H,8,17-19H2,1-2H3,(H,33,35)/t26-,29-/m0/s1. The Morgan fingerprint density at radius 2 is 1.78 bits per heavy atom. The Morgan fingerprint density at radius 3 is 2.46 bits per heavy atom. The number of hydrogen-bond donors (Lipinski definition) is 3. The predicted molar refractivity (Wildman–Crippen MR) is 147 cm³/mol. The normalized spacial score (nSPS) is 18.8. The van der Waals surface area contributed by atoms with Gasteiger partial charge >= 0.3 is 0 Å². The molecular weight excluding hydrogens is 534 g/mol. The quantitative estimate of drug-likeness (QED) is 0.231. The van der Waals surface area contributed by atoms with Crippen molar-refractivity contribution < 1.29 is 19.4 Å². The minimum absolute atomic E-state index is 0.0452. The molecule has 37 heavy (non-hydrogen) atoms. The number of aliphatic imine (C=N–C) groups is 1. The van der Waals surface area contributed by atoms with Crippen LogP contribution in [0.2, 0.25) is 0 Å². The van der Waals surface area contributed by atoms with Gasteiger partial charge in [0.25, 0.3) is 5.91 Å². The number of nitrogens with one attached hydrogen (secondary N) is 2. The van der Waals surface area contributed by atoms with E-state index in [1.165, 1.54) is 0 Å². The fraction of sp³-hybridized carbons (Fsp3) is 0.310. The van der Waals surface area contributed by atoms with E-state index in [1.807, 2.05) is 92.7 Å². The highest BCUT2D eigenvalue weighted by atomic mass is 79.9. The molecule has 0 saturated carbocycles. The third kappa shape index (κ3) is 6.39. The van der Waals surface area contributed by atoms with E-state index in [-0.39, 0.29) is 18.6 Å². The lowest BCUT2D eigenvalue weighted by molar-refractivity contribution is -0.130. The minimum Gasteiger partial charge on any atom is -0.494 e. The van der Waals surface area contributed by atoms with Gasteiger partial charge in [0.2, 0.25) is 5.90 Å². The average molecular weight is 566 g/mol. The fourth-order valence-electron chi connectivity index (χ4n) is 4.16.